The molecule has 0 radical (unpaired) electrons. The van der Waals surface area contributed by atoms with Crippen LogP contribution in [0.2, 0.25) is 5.02 Å². The molecule has 0 aliphatic carbocycles. The summed E-state index contributed by atoms with van der Waals surface area (Å²) in [7, 11) is 0. The van der Waals surface area contributed by atoms with E-state index in [1.165, 1.54) is 6.20 Å². The summed E-state index contributed by atoms with van der Waals surface area (Å²) in [6.45, 7) is 7.04. The first kappa shape index (κ1) is 20.6. The van der Waals surface area contributed by atoms with Crippen LogP contribution >= 0.6 is 11.6 Å². The summed E-state index contributed by atoms with van der Waals surface area (Å²) in [6.07, 6.45) is 1.54. The van der Waals surface area contributed by atoms with Crippen molar-refractivity contribution in [2.24, 2.45) is 0 Å². The number of halogens is 1. The van der Waals surface area contributed by atoms with E-state index in [0.717, 1.165) is 11.4 Å². The van der Waals surface area contributed by atoms with Crippen LogP contribution in [0.1, 0.15) is 40.3 Å². The standard InChI is InChI=1S/C22H23ClN4O2/c1-4-26(5-2)22(29)16-6-10-18(11-7-16)25-21(28)20-14-24-27(15(20)3)19-12-8-17(23)9-13-19/h6-14H,4-5H2,1-3H3,(H,25,28). The second-order valence-electron chi connectivity index (χ2n) is 6.54. The lowest BCUT2D eigenvalue weighted by molar-refractivity contribution is 0.0773. The molecule has 2 amide bonds. The van der Waals surface area contributed by atoms with E-state index in [-0.39, 0.29) is 11.8 Å². The first-order valence-corrected chi connectivity index (χ1v) is 9.83. The van der Waals surface area contributed by atoms with Crippen molar-refractivity contribution >= 4 is 29.1 Å². The van der Waals surface area contributed by atoms with Gasteiger partial charge in [0, 0.05) is 29.4 Å². The van der Waals surface area contributed by atoms with Crippen LogP contribution in [0.4, 0.5) is 5.69 Å². The minimum atomic E-state index is -0.259. The molecule has 0 unspecified atom stereocenters. The molecule has 2 aromatic carbocycles. The van der Waals surface area contributed by atoms with Gasteiger partial charge in [0.2, 0.25) is 0 Å². The molecule has 1 aromatic heterocycles. The van der Waals surface area contributed by atoms with Gasteiger partial charge in [0.05, 0.1) is 23.1 Å². The summed E-state index contributed by atoms with van der Waals surface area (Å²) in [5, 5.41) is 7.81. The van der Waals surface area contributed by atoms with E-state index in [4.69, 9.17) is 11.6 Å². The first-order chi connectivity index (χ1) is 13.9. The number of anilines is 1. The molecule has 150 valence electrons. The Balaban J connectivity index is 1.74. The van der Waals surface area contributed by atoms with Crippen LogP contribution in [0.25, 0.3) is 5.69 Å². The van der Waals surface area contributed by atoms with Gasteiger partial charge in [-0.25, -0.2) is 4.68 Å². The Kier molecular flexibility index (Phi) is 6.34. The van der Waals surface area contributed by atoms with E-state index in [9.17, 15) is 9.59 Å². The third-order valence-electron chi connectivity index (χ3n) is 4.77. The molecule has 3 rings (SSSR count). The molecule has 0 fully saturated rings. The monoisotopic (exact) mass is 410 g/mol. The maximum absolute atomic E-state index is 12.7. The molecular weight excluding hydrogens is 388 g/mol. The lowest BCUT2D eigenvalue weighted by atomic mass is 10.1. The van der Waals surface area contributed by atoms with Gasteiger partial charge < -0.3 is 10.2 Å². The highest BCUT2D eigenvalue weighted by Crippen LogP contribution is 2.19. The maximum Gasteiger partial charge on any atom is 0.259 e. The van der Waals surface area contributed by atoms with Crippen molar-refractivity contribution in [3.8, 4) is 5.69 Å². The van der Waals surface area contributed by atoms with E-state index < -0.39 is 0 Å². The molecule has 7 heteroatoms. The van der Waals surface area contributed by atoms with Crippen molar-refractivity contribution in [2.75, 3.05) is 18.4 Å². The molecule has 1 heterocycles. The van der Waals surface area contributed by atoms with E-state index >= 15 is 0 Å². The van der Waals surface area contributed by atoms with Crippen LogP contribution in [0.3, 0.4) is 0 Å². The Morgan fingerprint density at radius 2 is 1.66 bits per heavy atom. The zero-order valence-corrected chi connectivity index (χ0v) is 17.4. The highest BCUT2D eigenvalue weighted by Gasteiger charge is 2.16. The van der Waals surface area contributed by atoms with Gasteiger partial charge in [0.1, 0.15) is 0 Å². The summed E-state index contributed by atoms with van der Waals surface area (Å²) in [6, 6.07) is 14.1. The molecule has 0 bridgehead atoms. The van der Waals surface area contributed by atoms with Crippen LogP contribution in [0.15, 0.2) is 54.7 Å². The number of carbonyl (C=O) groups is 2. The van der Waals surface area contributed by atoms with Gasteiger partial charge in [0.25, 0.3) is 11.8 Å². The topological polar surface area (TPSA) is 67.2 Å². The second-order valence-corrected chi connectivity index (χ2v) is 6.98. The lowest BCUT2D eigenvalue weighted by Crippen LogP contribution is -2.30. The van der Waals surface area contributed by atoms with E-state index in [0.29, 0.717) is 34.9 Å². The molecule has 0 aliphatic rings. The number of hydrogen-bond donors (Lipinski definition) is 1. The minimum Gasteiger partial charge on any atom is -0.339 e. The summed E-state index contributed by atoms with van der Waals surface area (Å²) >= 11 is 5.93. The number of nitrogens with one attached hydrogen (secondary N) is 1. The average Bonchev–Trinajstić information content (AvgIpc) is 3.11. The third-order valence-corrected chi connectivity index (χ3v) is 5.02. The van der Waals surface area contributed by atoms with Crippen molar-refractivity contribution in [3.05, 3.63) is 76.6 Å². The van der Waals surface area contributed by atoms with Crippen molar-refractivity contribution in [3.63, 3.8) is 0 Å². The zero-order chi connectivity index (χ0) is 21.0. The molecule has 0 atom stereocenters. The van der Waals surface area contributed by atoms with Crippen LogP contribution in [0.5, 0.6) is 0 Å². The first-order valence-electron chi connectivity index (χ1n) is 9.45. The van der Waals surface area contributed by atoms with Crippen molar-refractivity contribution < 1.29 is 9.59 Å². The maximum atomic E-state index is 12.7. The Bertz CT molecular complexity index is 1010. The molecule has 6 nitrogen and oxygen atoms in total. The van der Waals surface area contributed by atoms with Crippen molar-refractivity contribution in [1.29, 1.82) is 0 Å². The normalized spacial score (nSPS) is 10.6. The number of aromatic nitrogens is 2. The Labute approximate surface area is 175 Å². The number of benzene rings is 2. The van der Waals surface area contributed by atoms with Crippen LogP contribution in [-0.4, -0.2) is 39.6 Å². The fraction of sp³-hybridized carbons (Fsp3) is 0.227. The van der Waals surface area contributed by atoms with E-state index in [1.54, 1.807) is 46.0 Å². The summed E-state index contributed by atoms with van der Waals surface area (Å²) in [4.78, 5) is 26.8. The number of rotatable bonds is 6. The second kappa shape index (κ2) is 8.92. The fourth-order valence-corrected chi connectivity index (χ4v) is 3.19. The summed E-state index contributed by atoms with van der Waals surface area (Å²) in [5.74, 6) is -0.279. The molecule has 3 aromatic rings. The minimum absolute atomic E-state index is 0.0204. The Morgan fingerprint density at radius 3 is 2.24 bits per heavy atom. The number of hydrogen-bond acceptors (Lipinski definition) is 3. The molecular formula is C22H23ClN4O2. The quantitative estimate of drug-likeness (QED) is 0.647. The Hall–Kier alpha value is -3.12. The highest BCUT2D eigenvalue weighted by molar-refractivity contribution is 6.30. The van der Waals surface area contributed by atoms with Crippen LogP contribution in [0, 0.1) is 6.92 Å². The largest absolute Gasteiger partial charge is 0.339 e. The van der Waals surface area contributed by atoms with Gasteiger partial charge in [-0.05, 0) is 69.3 Å². The Morgan fingerprint density at radius 1 is 1.03 bits per heavy atom. The number of nitrogens with zero attached hydrogens (tertiary/aromatic N) is 3. The van der Waals surface area contributed by atoms with Gasteiger partial charge >= 0.3 is 0 Å². The van der Waals surface area contributed by atoms with E-state index in [1.807, 2.05) is 32.9 Å². The van der Waals surface area contributed by atoms with Crippen LogP contribution in [-0.2, 0) is 0 Å². The fourth-order valence-electron chi connectivity index (χ4n) is 3.06. The number of carbonyl (C=O) groups excluding carboxylic acids is 2. The molecule has 0 spiro atoms. The average molecular weight is 411 g/mol. The van der Waals surface area contributed by atoms with Gasteiger partial charge in [0.15, 0.2) is 0 Å². The molecule has 29 heavy (non-hydrogen) atoms. The highest BCUT2D eigenvalue weighted by atomic mass is 35.5. The molecule has 0 saturated carbocycles. The van der Waals surface area contributed by atoms with E-state index in [2.05, 4.69) is 10.4 Å². The summed E-state index contributed by atoms with van der Waals surface area (Å²) < 4.78 is 1.69. The third kappa shape index (κ3) is 4.49. The molecule has 0 saturated heterocycles. The lowest BCUT2D eigenvalue weighted by Gasteiger charge is -2.18. The predicted octanol–water partition coefficient (Wildman–Crippen LogP) is 4.57. The van der Waals surface area contributed by atoms with Gasteiger partial charge in [-0.3, -0.25) is 9.59 Å². The van der Waals surface area contributed by atoms with Crippen molar-refractivity contribution in [2.45, 2.75) is 20.8 Å². The predicted molar refractivity (Wildman–Crippen MR) is 115 cm³/mol. The smallest absolute Gasteiger partial charge is 0.259 e. The molecule has 1 N–H and O–H groups in total. The van der Waals surface area contributed by atoms with Crippen LogP contribution < -0.4 is 5.32 Å². The van der Waals surface area contributed by atoms with Gasteiger partial charge in [-0.2, -0.15) is 5.10 Å². The SMILES string of the molecule is CCN(CC)C(=O)c1ccc(NC(=O)c2cnn(-c3ccc(Cl)cc3)c2C)cc1. The van der Waals surface area contributed by atoms with Gasteiger partial charge in [-0.1, -0.05) is 11.6 Å². The van der Waals surface area contributed by atoms with Crippen molar-refractivity contribution in [1.82, 2.24) is 14.7 Å². The van der Waals surface area contributed by atoms with Gasteiger partial charge in [-0.15, -0.1) is 0 Å². The number of amides is 2. The summed E-state index contributed by atoms with van der Waals surface area (Å²) in [5.41, 5.74) is 3.23. The molecule has 0 aliphatic heterocycles. The zero-order valence-electron chi connectivity index (χ0n) is 16.6.